The molecule has 2 aromatic heterocycles. The van der Waals surface area contributed by atoms with E-state index in [0.29, 0.717) is 6.42 Å². The van der Waals surface area contributed by atoms with Gasteiger partial charge in [0.15, 0.2) is 0 Å². The van der Waals surface area contributed by atoms with Crippen molar-refractivity contribution in [2.75, 3.05) is 0 Å². The van der Waals surface area contributed by atoms with Crippen LogP contribution in [-0.4, -0.2) is 15.1 Å². The summed E-state index contributed by atoms with van der Waals surface area (Å²) in [4.78, 5) is 9.88. The van der Waals surface area contributed by atoms with Crippen molar-refractivity contribution in [2.45, 2.75) is 12.5 Å². The summed E-state index contributed by atoms with van der Waals surface area (Å²) >= 11 is 3.04. The largest absolute Gasteiger partial charge is 0.387 e. The molecule has 1 N–H and O–H groups in total. The molecule has 3 nitrogen and oxygen atoms in total. The predicted molar refractivity (Wildman–Crippen MR) is 52.9 cm³/mol. The van der Waals surface area contributed by atoms with E-state index in [-0.39, 0.29) is 0 Å². The fourth-order valence-corrected chi connectivity index (χ4v) is 2.26. The lowest BCUT2D eigenvalue weighted by Gasteiger charge is -2.04. The molecule has 0 fully saturated rings. The SMILES string of the molecule is OC(Cc1cncs1)c1cncs1. The maximum absolute atomic E-state index is 9.73. The third-order valence-electron chi connectivity index (χ3n) is 1.66. The van der Waals surface area contributed by atoms with Gasteiger partial charge >= 0.3 is 0 Å². The van der Waals surface area contributed by atoms with Crippen LogP contribution in [0.25, 0.3) is 0 Å². The molecule has 0 spiro atoms. The molecule has 0 radical (unpaired) electrons. The second kappa shape index (κ2) is 3.95. The average molecular weight is 212 g/mol. The number of thiazole rings is 2. The molecule has 0 aromatic carbocycles. The van der Waals surface area contributed by atoms with Crippen molar-refractivity contribution in [1.29, 1.82) is 0 Å². The molecule has 13 heavy (non-hydrogen) atoms. The van der Waals surface area contributed by atoms with Crippen molar-refractivity contribution < 1.29 is 5.11 Å². The lowest BCUT2D eigenvalue weighted by Crippen LogP contribution is -1.97. The lowest BCUT2D eigenvalue weighted by atomic mass is 10.2. The van der Waals surface area contributed by atoms with E-state index < -0.39 is 6.10 Å². The molecule has 0 saturated heterocycles. The number of aromatic nitrogens is 2. The van der Waals surface area contributed by atoms with Crippen molar-refractivity contribution in [3.8, 4) is 0 Å². The van der Waals surface area contributed by atoms with Crippen LogP contribution in [0.2, 0.25) is 0 Å². The highest BCUT2D eigenvalue weighted by atomic mass is 32.1. The van der Waals surface area contributed by atoms with Crippen LogP contribution in [0.15, 0.2) is 23.4 Å². The average Bonchev–Trinajstić information content (AvgIpc) is 2.74. The van der Waals surface area contributed by atoms with Gasteiger partial charge in [0.25, 0.3) is 0 Å². The Labute approximate surface area is 83.7 Å². The van der Waals surface area contributed by atoms with Crippen LogP contribution >= 0.6 is 22.7 Å². The van der Waals surface area contributed by atoms with E-state index in [2.05, 4.69) is 9.97 Å². The predicted octanol–water partition coefficient (Wildman–Crippen LogP) is 1.88. The first kappa shape index (κ1) is 8.80. The van der Waals surface area contributed by atoms with Gasteiger partial charge in [0.05, 0.1) is 22.0 Å². The molecule has 2 aromatic rings. The first-order valence-corrected chi connectivity index (χ1v) is 5.56. The highest BCUT2D eigenvalue weighted by Gasteiger charge is 2.10. The second-order valence-electron chi connectivity index (χ2n) is 2.59. The van der Waals surface area contributed by atoms with Crippen LogP contribution in [0.1, 0.15) is 15.9 Å². The molecule has 68 valence electrons. The van der Waals surface area contributed by atoms with E-state index in [0.717, 1.165) is 9.75 Å². The lowest BCUT2D eigenvalue weighted by molar-refractivity contribution is 0.183. The van der Waals surface area contributed by atoms with E-state index in [1.165, 1.54) is 11.3 Å². The number of aliphatic hydroxyl groups is 1. The monoisotopic (exact) mass is 212 g/mol. The number of aliphatic hydroxyl groups excluding tert-OH is 1. The Morgan fingerprint density at radius 1 is 1.23 bits per heavy atom. The van der Waals surface area contributed by atoms with Crippen LogP contribution in [0, 0.1) is 0 Å². The molecule has 2 rings (SSSR count). The Morgan fingerprint density at radius 3 is 2.62 bits per heavy atom. The van der Waals surface area contributed by atoms with Crippen molar-refractivity contribution >= 4 is 22.7 Å². The zero-order valence-electron chi connectivity index (χ0n) is 6.75. The summed E-state index contributed by atoms with van der Waals surface area (Å²) in [5, 5.41) is 9.73. The van der Waals surface area contributed by atoms with E-state index in [1.807, 2.05) is 0 Å². The summed E-state index contributed by atoms with van der Waals surface area (Å²) in [6.07, 6.45) is 3.69. The molecule has 0 amide bonds. The van der Waals surface area contributed by atoms with Crippen molar-refractivity contribution in [2.24, 2.45) is 0 Å². The van der Waals surface area contributed by atoms with Gasteiger partial charge in [-0.05, 0) is 0 Å². The summed E-state index contributed by atoms with van der Waals surface area (Å²) in [6.45, 7) is 0. The molecule has 0 aliphatic carbocycles. The minimum atomic E-state index is -0.437. The zero-order chi connectivity index (χ0) is 9.10. The number of hydrogen-bond acceptors (Lipinski definition) is 5. The van der Waals surface area contributed by atoms with Gasteiger partial charge in [0.1, 0.15) is 0 Å². The first-order valence-electron chi connectivity index (χ1n) is 3.80. The van der Waals surface area contributed by atoms with Crippen molar-refractivity contribution in [3.63, 3.8) is 0 Å². The maximum atomic E-state index is 9.73. The quantitative estimate of drug-likeness (QED) is 0.845. The van der Waals surface area contributed by atoms with Crippen LogP contribution in [0.5, 0.6) is 0 Å². The van der Waals surface area contributed by atoms with Gasteiger partial charge in [-0.1, -0.05) is 0 Å². The topological polar surface area (TPSA) is 46.0 Å². The second-order valence-corrected chi connectivity index (χ2v) is 4.48. The van der Waals surface area contributed by atoms with Crippen LogP contribution < -0.4 is 0 Å². The van der Waals surface area contributed by atoms with Gasteiger partial charge < -0.3 is 5.11 Å². The smallest absolute Gasteiger partial charge is 0.0946 e. The normalized spacial score (nSPS) is 13.0. The fourth-order valence-electron chi connectivity index (χ4n) is 1.02. The highest BCUT2D eigenvalue weighted by molar-refractivity contribution is 7.10. The van der Waals surface area contributed by atoms with E-state index in [9.17, 15) is 5.11 Å². The van der Waals surface area contributed by atoms with E-state index in [4.69, 9.17) is 0 Å². The molecular weight excluding hydrogens is 204 g/mol. The molecule has 5 heteroatoms. The Bertz CT molecular complexity index is 344. The van der Waals surface area contributed by atoms with Gasteiger partial charge in [-0.15, -0.1) is 22.7 Å². The zero-order valence-corrected chi connectivity index (χ0v) is 8.38. The fraction of sp³-hybridized carbons (Fsp3) is 0.250. The van der Waals surface area contributed by atoms with Gasteiger partial charge in [0.2, 0.25) is 0 Å². The molecule has 0 saturated carbocycles. The Kier molecular flexibility index (Phi) is 2.68. The number of hydrogen-bond donors (Lipinski definition) is 1. The summed E-state index contributed by atoms with van der Waals surface area (Å²) in [5.74, 6) is 0. The molecular formula is C8H8N2OS2. The third kappa shape index (κ3) is 2.12. The summed E-state index contributed by atoms with van der Waals surface area (Å²) < 4.78 is 0. The molecule has 2 heterocycles. The molecule has 0 aliphatic heterocycles. The van der Waals surface area contributed by atoms with Gasteiger partial charge in [0, 0.05) is 23.7 Å². The van der Waals surface area contributed by atoms with Crippen molar-refractivity contribution in [3.05, 3.63) is 33.2 Å². The van der Waals surface area contributed by atoms with Crippen LogP contribution in [0.3, 0.4) is 0 Å². The maximum Gasteiger partial charge on any atom is 0.0946 e. The standard InChI is InChI=1S/C8H8N2OS2/c11-7(8-3-10-5-13-8)1-6-2-9-4-12-6/h2-5,7,11H,1H2. The minimum absolute atomic E-state index is 0.437. The van der Waals surface area contributed by atoms with Crippen LogP contribution in [0.4, 0.5) is 0 Å². The third-order valence-corrected chi connectivity index (χ3v) is 3.34. The minimum Gasteiger partial charge on any atom is -0.387 e. The molecule has 0 bridgehead atoms. The summed E-state index contributed by atoms with van der Waals surface area (Å²) in [5.41, 5.74) is 3.50. The van der Waals surface area contributed by atoms with Crippen molar-refractivity contribution in [1.82, 2.24) is 9.97 Å². The van der Waals surface area contributed by atoms with E-state index in [1.54, 1.807) is 34.8 Å². The summed E-state index contributed by atoms with van der Waals surface area (Å²) in [6, 6.07) is 0. The van der Waals surface area contributed by atoms with Crippen LogP contribution in [-0.2, 0) is 6.42 Å². The molecule has 1 unspecified atom stereocenters. The highest BCUT2D eigenvalue weighted by Crippen LogP contribution is 2.22. The van der Waals surface area contributed by atoms with Gasteiger partial charge in [-0.25, -0.2) is 0 Å². The molecule has 0 aliphatic rings. The number of nitrogens with zero attached hydrogens (tertiary/aromatic N) is 2. The van der Waals surface area contributed by atoms with Gasteiger partial charge in [-0.3, -0.25) is 9.97 Å². The Morgan fingerprint density at radius 2 is 2.00 bits per heavy atom. The summed E-state index contributed by atoms with van der Waals surface area (Å²) in [7, 11) is 0. The van der Waals surface area contributed by atoms with Gasteiger partial charge in [-0.2, -0.15) is 0 Å². The molecule has 1 atom stereocenters. The Hall–Kier alpha value is -0.780. The number of rotatable bonds is 3. The van der Waals surface area contributed by atoms with E-state index >= 15 is 0 Å². The first-order chi connectivity index (χ1) is 6.36. The Balaban J connectivity index is 2.04.